The standard InChI is InChI=1S/C16H14F3N5O/c17-16(18,19)12-5-2-1-4-11(12)13(25)10-21-15-20-8-6-14(23-15)24-9-3-7-22-24/h1-9,13,25H,10H2,(H,20,21,23). The van der Waals surface area contributed by atoms with Crippen molar-refractivity contribution in [2.75, 3.05) is 11.9 Å². The van der Waals surface area contributed by atoms with Crippen LogP contribution in [0, 0.1) is 0 Å². The lowest BCUT2D eigenvalue weighted by molar-refractivity contribution is -0.139. The van der Waals surface area contributed by atoms with Crippen LogP contribution in [0.5, 0.6) is 0 Å². The Morgan fingerprint density at radius 2 is 1.92 bits per heavy atom. The number of nitrogens with zero attached hydrogens (tertiary/aromatic N) is 4. The topological polar surface area (TPSA) is 75.9 Å². The Hall–Kier alpha value is -2.94. The Morgan fingerprint density at radius 3 is 2.64 bits per heavy atom. The molecule has 0 bridgehead atoms. The van der Waals surface area contributed by atoms with E-state index in [0.717, 1.165) is 6.07 Å². The highest BCUT2D eigenvalue weighted by Gasteiger charge is 2.34. The maximum atomic E-state index is 13.0. The summed E-state index contributed by atoms with van der Waals surface area (Å²) in [6, 6.07) is 8.27. The highest BCUT2D eigenvalue weighted by molar-refractivity contribution is 5.35. The molecule has 0 amide bonds. The molecule has 0 saturated heterocycles. The lowest BCUT2D eigenvalue weighted by Gasteiger charge is -2.18. The second-order valence-corrected chi connectivity index (χ2v) is 5.17. The van der Waals surface area contributed by atoms with Gasteiger partial charge in [0.1, 0.15) is 0 Å². The Labute approximate surface area is 141 Å². The number of hydrogen-bond donors (Lipinski definition) is 2. The van der Waals surface area contributed by atoms with Gasteiger partial charge in [-0.05, 0) is 17.7 Å². The molecule has 0 aliphatic rings. The lowest BCUT2D eigenvalue weighted by Crippen LogP contribution is -2.18. The van der Waals surface area contributed by atoms with E-state index in [2.05, 4.69) is 20.4 Å². The third-order valence-electron chi connectivity index (χ3n) is 3.46. The molecule has 25 heavy (non-hydrogen) atoms. The molecule has 0 radical (unpaired) electrons. The molecule has 9 heteroatoms. The van der Waals surface area contributed by atoms with Crippen molar-refractivity contribution in [1.82, 2.24) is 19.7 Å². The number of rotatable bonds is 5. The minimum atomic E-state index is -4.53. The number of benzene rings is 1. The molecule has 1 unspecified atom stereocenters. The smallest absolute Gasteiger partial charge is 0.387 e. The maximum Gasteiger partial charge on any atom is 0.416 e. The first-order valence-corrected chi connectivity index (χ1v) is 7.36. The predicted octanol–water partition coefficient (Wildman–Crippen LogP) is 2.83. The summed E-state index contributed by atoms with van der Waals surface area (Å²) < 4.78 is 40.6. The van der Waals surface area contributed by atoms with Crippen molar-refractivity contribution in [3.05, 3.63) is 66.1 Å². The molecule has 2 heterocycles. The average Bonchev–Trinajstić information content (AvgIpc) is 3.14. The molecule has 0 saturated carbocycles. The number of halogens is 3. The first-order valence-electron chi connectivity index (χ1n) is 7.36. The van der Waals surface area contributed by atoms with Crippen LogP contribution in [0.1, 0.15) is 17.2 Å². The number of aromatic nitrogens is 4. The minimum absolute atomic E-state index is 0.171. The Bertz CT molecular complexity index is 836. The molecular weight excluding hydrogens is 335 g/mol. The molecule has 6 nitrogen and oxygen atoms in total. The van der Waals surface area contributed by atoms with Crippen LogP contribution in [0.25, 0.3) is 5.82 Å². The summed E-state index contributed by atoms with van der Waals surface area (Å²) in [5.41, 5.74) is -1.07. The van der Waals surface area contributed by atoms with Crippen molar-refractivity contribution in [3.8, 4) is 5.82 Å². The van der Waals surface area contributed by atoms with Gasteiger partial charge in [0.05, 0.1) is 11.7 Å². The highest BCUT2D eigenvalue weighted by atomic mass is 19.4. The number of alkyl halides is 3. The molecule has 2 N–H and O–H groups in total. The van der Waals surface area contributed by atoms with E-state index in [-0.39, 0.29) is 18.1 Å². The monoisotopic (exact) mass is 349 g/mol. The molecular formula is C16H14F3N5O. The van der Waals surface area contributed by atoms with Gasteiger partial charge in [0.2, 0.25) is 5.95 Å². The van der Waals surface area contributed by atoms with Crippen LogP contribution in [0.4, 0.5) is 19.1 Å². The molecule has 0 aliphatic carbocycles. The molecule has 0 spiro atoms. The van der Waals surface area contributed by atoms with E-state index in [1.807, 2.05) is 0 Å². The predicted molar refractivity (Wildman–Crippen MR) is 84.0 cm³/mol. The molecule has 1 aromatic carbocycles. The molecule has 0 fully saturated rings. The van der Waals surface area contributed by atoms with Crippen molar-refractivity contribution >= 4 is 5.95 Å². The number of aliphatic hydroxyl groups excluding tert-OH is 1. The summed E-state index contributed by atoms with van der Waals surface area (Å²) in [6.07, 6.45) is -1.13. The van der Waals surface area contributed by atoms with Gasteiger partial charge >= 0.3 is 6.18 Å². The number of hydrogen-bond acceptors (Lipinski definition) is 5. The van der Waals surface area contributed by atoms with E-state index < -0.39 is 17.8 Å². The SMILES string of the molecule is OC(CNc1nccc(-n2cccn2)n1)c1ccccc1C(F)(F)F. The van der Waals surface area contributed by atoms with E-state index in [1.54, 1.807) is 24.5 Å². The molecule has 3 rings (SSSR count). The van der Waals surface area contributed by atoms with Crippen LogP contribution in [0.2, 0.25) is 0 Å². The van der Waals surface area contributed by atoms with Gasteiger partial charge < -0.3 is 10.4 Å². The van der Waals surface area contributed by atoms with Crippen LogP contribution in [-0.2, 0) is 6.18 Å². The fourth-order valence-electron chi connectivity index (χ4n) is 2.31. The summed E-state index contributed by atoms with van der Waals surface area (Å²) >= 11 is 0. The van der Waals surface area contributed by atoms with E-state index in [9.17, 15) is 18.3 Å². The summed E-state index contributed by atoms with van der Waals surface area (Å²) in [7, 11) is 0. The van der Waals surface area contributed by atoms with E-state index in [1.165, 1.54) is 29.1 Å². The lowest BCUT2D eigenvalue weighted by atomic mass is 10.0. The van der Waals surface area contributed by atoms with E-state index >= 15 is 0 Å². The van der Waals surface area contributed by atoms with Crippen molar-refractivity contribution in [1.29, 1.82) is 0 Å². The quantitative estimate of drug-likeness (QED) is 0.741. The van der Waals surface area contributed by atoms with Gasteiger partial charge in [-0.3, -0.25) is 0 Å². The summed E-state index contributed by atoms with van der Waals surface area (Å²) in [4.78, 5) is 8.19. The summed E-state index contributed by atoms with van der Waals surface area (Å²) in [5.74, 6) is 0.671. The van der Waals surface area contributed by atoms with Crippen molar-refractivity contribution in [2.45, 2.75) is 12.3 Å². The number of nitrogens with one attached hydrogen (secondary N) is 1. The normalized spacial score (nSPS) is 12.8. The zero-order valence-corrected chi connectivity index (χ0v) is 12.9. The van der Waals surface area contributed by atoms with Gasteiger partial charge in [-0.15, -0.1) is 0 Å². The Kier molecular flexibility index (Phi) is 4.66. The third kappa shape index (κ3) is 3.94. The number of anilines is 1. The van der Waals surface area contributed by atoms with Crippen molar-refractivity contribution in [2.24, 2.45) is 0 Å². The van der Waals surface area contributed by atoms with Crippen LogP contribution in [0.3, 0.4) is 0 Å². The van der Waals surface area contributed by atoms with E-state index in [4.69, 9.17) is 0 Å². The first-order chi connectivity index (χ1) is 11.9. The number of aliphatic hydroxyl groups is 1. The zero-order chi connectivity index (χ0) is 17.9. The highest BCUT2D eigenvalue weighted by Crippen LogP contribution is 2.34. The largest absolute Gasteiger partial charge is 0.416 e. The van der Waals surface area contributed by atoms with Crippen molar-refractivity contribution < 1.29 is 18.3 Å². The second-order valence-electron chi connectivity index (χ2n) is 5.17. The molecule has 2 aromatic heterocycles. The van der Waals surface area contributed by atoms with Gasteiger partial charge in [0.15, 0.2) is 5.82 Å². The van der Waals surface area contributed by atoms with Crippen LogP contribution >= 0.6 is 0 Å². The van der Waals surface area contributed by atoms with Gasteiger partial charge in [-0.1, -0.05) is 18.2 Å². The molecule has 1 atom stereocenters. The van der Waals surface area contributed by atoms with Gasteiger partial charge in [-0.25, -0.2) is 9.67 Å². The summed E-state index contributed by atoms with van der Waals surface area (Å²) in [5, 5.41) is 16.9. The minimum Gasteiger partial charge on any atom is -0.387 e. The zero-order valence-electron chi connectivity index (χ0n) is 12.9. The fourth-order valence-corrected chi connectivity index (χ4v) is 2.31. The fraction of sp³-hybridized carbons (Fsp3) is 0.188. The van der Waals surface area contributed by atoms with Crippen LogP contribution in [-0.4, -0.2) is 31.4 Å². The Balaban J connectivity index is 1.73. The van der Waals surface area contributed by atoms with Crippen LogP contribution in [0.15, 0.2) is 55.0 Å². The molecule has 130 valence electrons. The van der Waals surface area contributed by atoms with Gasteiger partial charge in [-0.2, -0.15) is 23.3 Å². The summed E-state index contributed by atoms with van der Waals surface area (Å²) in [6.45, 7) is -0.171. The molecule has 3 aromatic rings. The molecule has 0 aliphatic heterocycles. The second kappa shape index (κ2) is 6.89. The van der Waals surface area contributed by atoms with E-state index in [0.29, 0.717) is 5.82 Å². The van der Waals surface area contributed by atoms with Crippen molar-refractivity contribution in [3.63, 3.8) is 0 Å². The van der Waals surface area contributed by atoms with Crippen LogP contribution < -0.4 is 5.32 Å². The van der Waals surface area contributed by atoms with Gasteiger partial charge in [0.25, 0.3) is 0 Å². The Morgan fingerprint density at radius 1 is 1.12 bits per heavy atom. The van der Waals surface area contributed by atoms with Gasteiger partial charge in [0, 0.05) is 31.2 Å². The average molecular weight is 349 g/mol. The maximum absolute atomic E-state index is 13.0. The first kappa shape index (κ1) is 16.9. The third-order valence-corrected chi connectivity index (χ3v) is 3.46.